The zero-order chi connectivity index (χ0) is 46.2. The van der Waals surface area contributed by atoms with Crippen molar-refractivity contribution in [1.29, 1.82) is 0 Å². The largest absolute Gasteiger partial charge is 0.309 e. The quantitative estimate of drug-likeness (QED) is 0.106. The van der Waals surface area contributed by atoms with Crippen LogP contribution in [0.4, 0.5) is 0 Å². The van der Waals surface area contributed by atoms with Gasteiger partial charge in [0.15, 0.2) is 8.07 Å². The van der Waals surface area contributed by atoms with E-state index >= 15 is 0 Å². The molecule has 0 saturated heterocycles. The monoisotopic (exact) mass is 924 g/mol. The highest BCUT2D eigenvalue weighted by molar-refractivity contribution is 7.30. The third-order valence-electron chi connectivity index (χ3n) is 14.7. The van der Waals surface area contributed by atoms with Crippen molar-refractivity contribution in [3.05, 3.63) is 267 Å². The molecule has 70 heavy (non-hydrogen) atoms. The molecule has 3 aromatic heterocycles. The highest BCUT2D eigenvalue weighted by Crippen LogP contribution is 2.44. The summed E-state index contributed by atoms with van der Waals surface area (Å²) in [7, 11) is -2.87. The van der Waals surface area contributed by atoms with Crippen molar-refractivity contribution in [3.63, 3.8) is 0 Å². The summed E-state index contributed by atoms with van der Waals surface area (Å²) in [6, 6.07) is 99.4. The van der Waals surface area contributed by atoms with Gasteiger partial charge < -0.3 is 9.13 Å². The van der Waals surface area contributed by atoms with Gasteiger partial charge in [-0.25, -0.2) is 0 Å². The minimum absolute atomic E-state index is 1.14. The van der Waals surface area contributed by atoms with Gasteiger partial charge in [0, 0.05) is 47.4 Å². The number of benzene rings is 11. The predicted molar refractivity (Wildman–Crippen MR) is 302 cm³/mol. The molecule has 0 unspecified atom stereocenters. The van der Waals surface area contributed by atoms with E-state index in [1.807, 2.05) is 11.3 Å². The minimum atomic E-state index is -2.87. The summed E-state index contributed by atoms with van der Waals surface area (Å²) in [5.41, 5.74) is 12.0. The molecule has 0 N–H and O–H groups in total. The van der Waals surface area contributed by atoms with Crippen LogP contribution >= 0.6 is 11.3 Å². The fourth-order valence-electron chi connectivity index (χ4n) is 11.7. The van der Waals surface area contributed by atoms with E-state index in [2.05, 4.69) is 276 Å². The summed E-state index contributed by atoms with van der Waals surface area (Å²) in [5, 5.41) is 13.1. The molecule has 0 spiro atoms. The van der Waals surface area contributed by atoms with Gasteiger partial charge in [0.25, 0.3) is 0 Å². The van der Waals surface area contributed by atoms with E-state index in [4.69, 9.17) is 0 Å². The van der Waals surface area contributed by atoms with Crippen molar-refractivity contribution in [3.8, 4) is 33.6 Å². The van der Waals surface area contributed by atoms with Gasteiger partial charge in [-0.15, -0.1) is 11.3 Å². The van der Waals surface area contributed by atoms with E-state index < -0.39 is 8.07 Å². The second-order valence-electron chi connectivity index (χ2n) is 18.3. The van der Waals surface area contributed by atoms with Crippen molar-refractivity contribution in [2.75, 3.05) is 0 Å². The molecule has 2 nitrogen and oxygen atoms in total. The Morgan fingerprint density at radius 1 is 0.314 bits per heavy atom. The Bertz CT molecular complexity index is 4190. The summed E-state index contributed by atoms with van der Waals surface area (Å²) in [4.78, 5) is 0. The molecule has 4 heteroatoms. The summed E-state index contributed by atoms with van der Waals surface area (Å²) in [5.74, 6) is 0. The molecule has 11 aromatic carbocycles. The van der Waals surface area contributed by atoms with Crippen LogP contribution in [-0.4, -0.2) is 17.2 Å². The Morgan fingerprint density at radius 2 is 0.843 bits per heavy atom. The molecule has 0 fully saturated rings. The van der Waals surface area contributed by atoms with Crippen LogP contribution in [0, 0.1) is 0 Å². The molecular formula is C66H44N2SSi. The molecular weight excluding hydrogens is 881 g/mol. The number of thiophene rings is 1. The Morgan fingerprint density at radius 3 is 1.54 bits per heavy atom. The number of fused-ring (bicyclic) bond motifs is 9. The number of aromatic nitrogens is 2. The fraction of sp³-hybridized carbons (Fsp3) is 0. The summed E-state index contributed by atoms with van der Waals surface area (Å²) in [6.45, 7) is 0. The topological polar surface area (TPSA) is 9.86 Å². The molecule has 0 aliphatic carbocycles. The van der Waals surface area contributed by atoms with Crippen molar-refractivity contribution in [2.45, 2.75) is 0 Å². The lowest BCUT2D eigenvalue weighted by Gasteiger charge is -2.35. The van der Waals surface area contributed by atoms with Crippen molar-refractivity contribution >= 4 is 104 Å². The molecule has 0 amide bonds. The lowest BCUT2D eigenvalue weighted by molar-refractivity contribution is 1.17. The van der Waals surface area contributed by atoms with Gasteiger partial charge >= 0.3 is 0 Å². The van der Waals surface area contributed by atoms with Crippen LogP contribution in [0.25, 0.3) is 97.4 Å². The highest BCUT2D eigenvalue weighted by Gasteiger charge is 2.43. The minimum Gasteiger partial charge on any atom is -0.309 e. The van der Waals surface area contributed by atoms with Crippen LogP contribution in [-0.2, 0) is 0 Å². The van der Waals surface area contributed by atoms with Gasteiger partial charge in [0.1, 0.15) is 0 Å². The molecule has 14 rings (SSSR count). The van der Waals surface area contributed by atoms with Gasteiger partial charge in [-0.3, -0.25) is 0 Å². The standard InChI is InChI=1S/C66H44N2SSi/c1-5-21-45(22-6-1)46-23-19-24-47(43-46)52-34-20-37-60-64(52)54-32-14-17-36-58(54)67(60)48-39-40-59-56(44-48)53-31-13-16-35-57(53)68(59)61-41-42-63(66-65(61)55-33-15-18-38-62(55)69-66)70(49-25-7-2-8-26-49,50-27-9-3-10-28-50)51-29-11-4-12-30-51/h1-44H. The predicted octanol–water partition coefficient (Wildman–Crippen LogP) is 15.0. The number of nitrogens with zero attached hydrogens (tertiary/aromatic N) is 2. The molecule has 328 valence electrons. The van der Waals surface area contributed by atoms with Crippen molar-refractivity contribution in [1.82, 2.24) is 9.13 Å². The van der Waals surface area contributed by atoms with Crippen LogP contribution in [0.5, 0.6) is 0 Å². The van der Waals surface area contributed by atoms with Gasteiger partial charge in [0.2, 0.25) is 0 Å². The second-order valence-corrected chi connectivity index (χ2v) is 23.2. The Hall–Kier alpha value is -8.54. The average molecular weight is 925 g/mol. The molecule has 0 bridgehead atoms. The first-order chi connectivity index (χ1) is 34.8. The first-order valence-electron chi connectivity index (χ1n) is 24.1. The highest BCUT2D eigenvalue weighted by atomic mass is 32.1. The number of para-hydroxylation sites is 2. The average Bonchev–Trinajstić information content (AvgIpc) is 4.11. The Balaban J connectivity index is 1.01. The van der Waals surface area contributed by atoms with Crippen molar-refractivity contribution < 1.29 is 0 Å². The lowest BCUT2D eigenvalue weighted by Crippen LogP contribution is -2.74. The maximum absolute atomic E-state index is 2.87. The second kappa shape index (κ2) is 16.3. The molecule has 0 aliphatic heterocycles. The molecule has 0 saturated carbocycles. The van der Waals surface area contributed by atoms with E-state index in [9.17, 15) is 0 Å². The van der Waals surface area contributed by atoms with Crippen LogP contribution in [0.15, 0.2) is 267 Å². The summed E-state index contributed by atoms with van der Waals surface area (Å²) in [6.07, 6.45) is 0. The number of hydrogen-bond acceptors (Lipinski definition) is 1. The Labute approximate surface area is 411 Å². The van der Waals surface area contributed by atoms with E-state index in [0.717, 1.165) is 5.69 Å². The normalized spacial score (nSPS) is 12.0. The van der Waals surface area contributed by atoms with Crippen LogP contribution in [0.1, 0.15) is 0 Å². The number of hydrogen-bond donors (Lipinski definition) is 0. The van der Waals surface area contributed by atoms with Crippen LogP contribution in [0.3, 0.4) is 0 Å². The van der Waals surface area contributed by atoms with Gasteiger partial charge in [-0.2, -0.15) is 0 Å². The van der Waals surface area contributed by atoms with E-state index in [1.165, 1.54) is 112 Å². The number of rotatable bonds is 8. The van der Waals surface area contributed by atoms with Gasteiger partial charge in [-0.05, 0) is 97.6 Å². The maximum Gasteiger partial charge on any atom is 0.181 e. The van der Waals surface area contributed by atoms with E-state index in [-0.39, 0.29) is 0 Å². The van der Waals surface area contributed by atoms with E-state index in [0.29, 0.717) is 0 Å². The van der Waals surface area contributed by atoms with Crippen molar-refractivity contribution in [2.24, 2.45) is 0 Å². The third-order valence-corrected chi connectivity index (χ3v) is 20.9. The Kier molecular flexibility index (Phi) is 9.44. The fourth-order valence-corrected chi connectivity index (χ4v) is 18.3. The van der Waals surface area contributed by atoms with Gasteiger partial charge in [0.05, 0.1) is 27.8 Å². The summed E-state index contributed by atoms with van der Waals surface area (Å²) >= 11 is 1.94. The first-order valence-corrected chi connectivity index (χ1v) is 26.9. The SMILES string of the molecule is c1ccc(-c2cccc(-c3cccc4c3c3ccccc3n4-c3ccc4c(c3)c3ccccc3n4-c3ccc([Si](c4ccccc4)(c4ccccc4)c4ccccc4)c4sc5ccccc5c34)c2)cc1. The van der Waals surface area contributed by atoms with Crippen LogP contribution in [0.2, 0.25) is 0 Å². The molecule has 14 aromatic rings. The van der Waals surface area contributed by atoms with Crippen LogP contribution < -0.4 is 20.7 Å². The molecule has 0 radical (unpaired) electrons. The third kappa shape index (κ3) is 6.10. The zero-order valence-corrected chi connectivity index (χ0v) is 40.0. The maximum atomic E-state index is 2.54. The molecule has 3 heterocycles. The molecule has 0 aliphatic rings. The van der Waals surface area contributed by atoms with Gasteiger partial charge in [-0.1, -0.05) is 212 Å². The molecule has 0 atom stereocenters. The summed E-state index contributed by atoms with van der Waals surface area (Å²) < 4.78 is 7.66. The van der Waals surface area contributed by atoms with E-state index in [1.54, 1.807) is 0 Å². The first kappa shape index (κ1) is 40.5. The lowest BCUT2D eigenvalue weighted by atomic mass is 9.96. The zero-order valence-electron chi connectivity index (χ0n) is 38.2. The smallest absolute Gasteiger partial charge is 0.181 e.